The van der Waals surface area contributed by atoms with Crippen molar-refractivity contribution in [3.05, 3.63) is 53.4 Å². The molecule has 0 radical (unpaired) electrons. The number of benzene rings is 1. The highest BCUT2D eigenvalue weighted by atomic mass is 79.9. The van der Waals surface area contributed by atoms with E-state index in [0.29, 0.717) is 0 Å². The molecule has 2 heterocycles. The molecule has 2 aromatic heterocycles. The SMILES string of the molecule is Brc1cc(-c2ccccc2)cn2ncnc12. The molecule has 0 spiro atoms. The van der Waals surface area contributed by atoms with Crippen LogP contribution in [0.5, 0.6) is 0 Å². The van der Waals surface area contributed by atoms with Crippen LogP contribution < -0.4 is 0 Å². The summed E-state index contributed by atoms with van der Waals surface area (Å²) in [6.07, 6.45) is 3.53. The maximum atomic E-state index is 4.16. The molecule has 3 rings (SSSR count). The van der Waals surface area contributed by atoms with E-state index in [1.54, 1.807) is 10.8 Å². The van der Waals surface area contributed by atoms with Crippen molar-refractivity contribution in [2.75, 3.05) is 0 Å². The lowest BCUT2D eigenvalue weighted by Crippen LogP contribution is -1.90. The summed E-state index contributed by atoms with van der Waals surface area (Å²) < 4.78 is 2.72. The van der Waals surface area contributed by atoms with Crippen molar-refractivity contribution in [2.24, 2.45) is 0 Å². The van der Waals surface area contributed by atoms with Crippen LogP contribution in [0.2, 0.25) is 0 Å². The summed E-state index contributed by atoms with van der Waals surface area (Å²) in [7, 11) is 0. The minimum Gasteiger partial charge on any atom is -0.219 e. The average molecular weight is 274 g/mol. The summed E-state index contributed by atoms with van der Waals surface area (Å²) in [4.78, 5) is 4.16. The van der Waals surface area contributed by atoms with Gasteiger partial charge < -0.3 is 0 Å². The predicted octanol–water partition coefficient (Wildman–Crippen LogP) is 3.16. The van der Waals surface area contributed by atoms with E-state index in [0.717, 1.165) is 15.7 Å². The zero-order chi connectivity index (χ0) is 11.0. The van der Waals surface area contributed by atoms with Crippen LogP contribution in [0.3, 0.4) is 0 Å². The largest absolute Gasteiger partial charge is 0.219 e. The van der Waals surface area contributed by atoms with Crippen LogP contribution in [0.15, 0.2) is 53.4 Å². The van der Waals surface area contributed by atoms with E-state index in [9.17, 15) is 0 Å². The van der Waals surface area contributed by atoms with Gasteiger partial charge in [0.25, 0.3) is 0 Å². The Morgan fingerprint density at radius 3 is 2.69 bits per heavy atom. The number of halogens is 1. The van der Waals surface area contributed by atoms with Gasteiger partial charge in [-0.3, -0.25) is 0 Å². The Kier molecular flexibility index (Phi) is 2.22. The molecule has 0 unspecified atom stereocenters. The molecule has 0 aliphatic carbocycles. The van der Waals surface area contributed by atoms with Gasteiger partial charge in [0.15, 0.2) is 5.65 Å². The molecule has 0 N–H and O–H groups in total. The van der Waals surface area contributed by atoms with E-state index < -0.39 is 0 Å². The zero-order valence-corrected chi connectivity index (χ0v) is 9.92. The molecule has 16 heavy (non-hydrogen) atoms. The maximum Gasteiger partial charge on any atom is 0.169 e. The molecule has 3 nitrogen and oxygen atoms in total. The predicted molar refractivity (Wildman–Crippen MR) is 66.1 cm³/mol. The fourth-order valence-corrected chi connectivity index (χ4v) is 2.20. The zero-order valence-electron chi connectivity index (χ0n) is 8.34. The summed E-state index contributed by atoms with van der Waals surface area (Å²) in [5.41, 5.74) is 3.12. The molecule has 3 aromatic rings. The lowest BCUT2D eigenvalue weighted by Gasteiger charge is -2.03. The third-order valence-corrected chi connectivity index (χ3v) is 3.02. The number of hydrogen-bond acceptors (Lipinski definition) is 2. The molecule has 0 bridgehead atoms. The summed E-state index contributed by atoms with van der Waals surface area (Å²) in [5.74, 6) is 0. The van der Waals surface area contributed by atoms with Gasteiger partial charge in [0.2, 0.25) is 0 Å². The van der Waals surface area contributed by atoms with Gasteiger partial charge in [-0.15, -0.1) is 0 Å². The number of fused-ring (bicyclic) bond motifs is 1. The van der Waals surface area contributed by atoms with Crippen LogP contribution in [-0.4, -0.2) is 14.6 Å². The van der Waals surface area contributed by atoms with Crippen LogP contribution in [0.25, 0.3) is 16.8 Å². The van der Waals surface area contributed by atoms with Crippen molar-refractivity contribution in [3.63, 3.8) is 0 Å². The van der Waals surface area contributed by atoms with Crippen molar-refractivity contribution in [3.8, 4) is 11.1 Å². The van der Waals surface area contributed by atoms with Crippen molar-refractivity contribution < 1.29 is 0 Å². The Hall–Kier alpha value is -1.68. The maximum absolute atomic E-state index is 4.16. The van der Waals surface area contributed by atoms with Crippen LogP contribution in [0.4, 0.5) is 0 Å². The fraction of sp³-hybridized carbons (Fsp3) is 0. The van der Waals surface area contributed by atoms with E-state index >= 15 is 0 Å². The molecule has 0 saturated carbocycles. The molecule has 0 aliphatic heterocycles. The molecule has 0 atom stereocenters. The van der Waals surface area contributed by atoms with Crippen LogP contribution in [0.1, 0.15) is 0 Å². The second kappa shape index (κ2) is 3.72. The van der Waals surface area contributed by atoms with Crippen LogP contribution in [-0.2, 0) is 0 Å². The highest BCUT2D eigenvalue weighted by Crippen LogP contribution is 2.24. The van der Waals surface area contributed by atoms with E-state index in [-0.39, 0.29) is 0 Å². The Bertz CT molecular complexity index is 631. The summed E-state index contributed by atoms with van der Waals surface area (Å²) in [6.45, 7) is 0. The highest BCUT2D eigenvalue weighted by molar-refractivity contribution is 9.10. The highest BCUT2D eigenvalue weighted by Gasteiger charge is 2.05. The summed E-state index contributed by atoms with van der Waals surface area (Å²) in [5, 5.41) is 4.14. The van der Waals surface area contributed by atoms with E-state index in [1.807, 2.05) is 24.4 Å². The lowest BCUT2D eigenvalue weighted by atomic mass is 10.1. The first kappa shape index (κ1) is 9.54. The van der Waals surface area contributed by atoms with Gasteiger partial charge in [0.05, 0.1) is 4.47 Å². The Labute approximate surface area is 101 Å². The van der Waals surface area contributed by atoms with Crippen molar-refractivity contribution in [2.45, 2.75) is 0 Å². The molecular weight excluding hydrogens is 266 g/mol. The second-order valence-electron chi connectivity index (χ2n) is 3.47. The topological polar surface area (TPSA) is 30.2 Å². The molecule has 78 valence electrons. The van der Waals surface area contributed by atoms with Crippen LogP contribution in [0, 0.1) is 0 Å². The van der Waals surface area contributed by atoms with E-state index in [1.165, 1.54) is 5.56 Å². The van der Waals surface area contributed by atoms with Gasteiger partial charge in [0.1, 0.15) is 6.33 Å². The number of aromatic nitrogens is 3. The van der Waals surface area contributed by atoms with Gasteiger partial charge >= 0.3 is 0 Å². The lowest BCUT2D eigenvalue weighted by molar-refractivity contribution is 0.960. The van der Waals surface area contributed by atoms with Gasteiger partial charge in [-0.05, 0) is 27.6 Å². The fourth-order valence-electron chi connectivity index (χ4n) is 1.67. The quantitative estimate of drug-likeness (QED) is 0.682. The first-order chi connectivity index (χ1) is 7.84. The Morgan fingerprint density at radius 2 is 1.88 bits per heavy atom. The van der Waals surface area contributed by atoms with Gasteiger partial charge in [0, 0.05) is 11.8 Å². The molecule has 0 aliphatic rings. The smallest absolute Gasteiger partial charge is 0.169 e. The first-order valence-corrected chi connectivity index (χ1v) is 5.68. The summed E-state index contributed by atoms with van der Waals surface area (Å²) >= 11 is 3.50. The average Bonchev–Trinajstić information content (AvgIpc) is 2.79. The van der Waals surface area contributed by atoms with E-state index in [4.69, 9.17) is 0 Å². The monoisotopic (exact) mass is 273 g/mol. The number of hydrogen-bond donors (Lipinski definition) is 0. The van der Waals surface area contributed by atoms with Gasteiger partial charge in [-0.2, -0.15) is 5.10 Å². The molecule has 0 fully saturated rings. The Morgan fingerprint density at radius 1 is 1.06 bits per heavy atom. The minimum absolute atomic E-state index is 0.833. The van der Waals surface area contributed by atoms with Gasteiger partial charge in [-0.1, -0.05) is 30.3 Å². The number of rotatable bonds is 1. The van der Waals surface area contributed by atoms with E-state index in [2.05, 4.69) is 44.2 Å². The van der Waals surface area contributed by atoms with Crippen molar-refractivity contribution in [1.82, 2.24) is 14.6 Å². The number of pyridine rings is 1. The molecule has 1 aromatic carbocycles. The first-order valence-electron chi connectivity index (χ1n) is 4.89. The Balaban J connectivity index is 2.25. The van der Waals surface area contributed by atoms with Crippen molar-refractivity contribution in [1.29, 1.82) is 0 Å². The third-order valence-electron chi connectivity index (χ3n) is 2.44. The minimum atomic E-state index is 0.833. The molecule has 0 saturated heterocycles. The molecular formula is C12H8BrN3. The van der Waals surface area contributed by atoms with Gasteiger partial charge in [-0.25, -0.2) is 9.50 Å². The third kappa shape index (κ3) is 1.51. The normalized spacial score (nSPS) is 10.8. The number of nitrogens with zero attached hydrogens (tertiary/aromatic N) is 3. The summed E-state index contributed by atoms with van der Waals surface area (Å²) in [6, 6.07) is 12.3. The molecule has 0 amide bonds. The standard InChI is InChI=1S/C12H8BrN3/c13-11-6-10(9-4-2-1-3-5-9)7-16-12(11)14-8-15-16/h1-8H. The second-order valence-corrected chi connectivity index (χ2v) is 4.33. The molecule has 4 heteroatoms. The van der Waals surface area contributed by atoms with Crippen LogP contribution >= 0.6 is 15.9 Å². The van der Waals surface area contributed by atoms with Crippen molar-refractivity contribution >= 4 is 21.6 Å².